The molecule has 5 nitrogen and oxygen atoms in total. The molecule has 1 N–H and O–H groups in total. The smallest absolute Gasteiger partial charge is 0.300 e. The fraction of sp³-hybridized carbons (Fsp3) is 0.185. The molecule has 1 fully saturated rings. The van der Waals surface area contributed by atoms with Crippen LogP contribution in [0.1, 0.15) is 36.6 Å². The van der Waals surface area contributed by atoms with Crippen LogP contribution in [0.15, 0.2) is 78.4 Å². The molecular weight excluding hydrogens is 438 g/mol. The molecule has 0 spiro atoms. The Labute approximate surface area is 197 Å². The Balaban J connectivity index is 1.90. The summed E-state index contributed by atoms with van der Waals surface area (Å²) in [6, 6.07) is 20.7. The highest BCUT2D eigenvalue weighted by molar-refractivity contribution is 6.51. The zero-order valence-electron chi connectivity index (χ0n) is 18.4. The predicted molar refractivity (Wildman–Crippen MR) is 130 cm³/mol. The normalized spacial score (nSPS) is 17.4. The minimum atomic E-state index is -0.773. The first-order valence-electron chi connectivity index (χ1n) is 10.8. The average Bonchev–Trinajstić information content (AvgIpc) is 3.11. The lowest BCUT2D eigenvalue weighted by Crippen LogP contribution is -2.29. The van der Waals surface area contributed by atoms with E-state index in [1.807, 2.05) is 68.4 Å². The van der Waals surface area contributed by atoms with Crippen molar-refractivity contribution in [1.82, 2.24) is 0 Å². The van der Waals surface area contributed by atoms with Crippen molar-refractivity contribution >= 4 is 34.7 Å². The molecule has 1 heterocycles. The van der Waals surface area contributed by atoms with E-state index in [9.17, 15) is 14.7 Å². The number of aliphatic hydroxyl groups excluding tert-OH is 1. The number of hydrogen-bond donors (Lipinski definition) is 1. The molecule has 6 heteroatoms. The van der Waals surface area contributed by atoms with Gasteiger partial charge >= 0.3 is 0 Å². The number of hydrogen-bond acceptors (Lipinski definition) is 4. The second-order valence-electron chi connectivity index (χ2n) is 7.68. The summed E-state index contributed by atoms with van der Waals surface area (Å²) in [5.74, 6) is -1.31. The number of halogens is 1. The number of amides is 1. The number of carbonyl (C=O) groups is 2. The van der Waals surface area contributed by atoms with E-state index >= 15 is 0 Å². The van der Waals surface area contributed by atoms with Gasteiger partial charge in [0, 0.05) is 11.3 Å². The van der Waals surface area contributed by atoms with Crippen LogP contribution in [0.4, 0.5) is 5.69 Å². The van der Waals surface area contributed by atoms with Crippen molar-refractivity contribution in [2.75, 3.05) is 11.5 Å². The molecule has 4 rings (SSSR count). The Morgan fingerprint density at radius 1 is 1.00 bits per heavy atom. The first-order valence-corrected chi connectivity index (χ1v) is 11.2. The second kappa shape index (κ2) is 9.51. The fourth-order valence-corrected chi connectivity index (χ4v) is 4.19. The number of ketones is 1. The van der Waals surface area contributed by atoms with Gasteiger partial charge in [0.1, 0.15) is 11.5 Å². The van der Waals surface area contributed by atoms with Gasteiger partial charge in [-0.2, -0.15) is 0 Å². The van der Waals surface area contributed by atoms with Gasteiger partial charge in [-0.25, -0.2) is 0 Å². The summed E-state index contributed by atoms with van der Waals surface area (Å²) < 4.78 is 5.53. The van der Waals surface area contributed by atoms with Crippen LogP contribution >= 0.6 is 11.6 Å². The zero-order chi connectivity index (χ0) is 23.5. The molecule has 1 amide bonds. The quantitative estimate of drug-likeness (QED) is 0.281. The van der Waals surface area contributed by atoms with Gasteiger partial charge in [-0.1, -0.05) is 61.0 Å². The number of carbonyl (C=O) groups excluding carboxylic acids is 2. The van der Waals surface area contributed by atoms with Crippen LogP contribution in [0.5, 0.6) is 5.75 Å². The van der Waals surface area contributed by atoms with E-state index in [2.05, 4.69) is 0 Å². The summed E-state index contributed by atoms with van der Waals surface area (Å²) in [4.78, 5) is 27.9. The van der Waals surface area contributed by atoms with Crippen molar-refractivity contribution in [3.8, 4) is 5.75 Å². The molecule has 0 aromatic heterocycles. The van der Waals surface area contributed by atoms with E-state index in [1.165, 1.54) is 4.90 Å². The summed E-state index contributed by atoms with van der Waals surface area (Å²) >= 11 is 6.19. The Bertz CT molecular complexity index is 1220. The lowest BCUT2D eigenvalue weighted by molar-refractivity contribution is -0.132. The van der Waals surface area contributed by atoms with Crippen molar-refractivity contribution < 1.29 is 19.4 Å². The van der Waals surface area contributed by atoms with Crippen LogP contribution < -0.4 is 9.64 Å². The second-order valence-corrected chi connectivity index (χ2v) is 8.09. The lowest BCUT2D eigenvalue weighted by atomic mass is 9.95. The summed E-state index contributed by atoms with van der Waals surface area (Å²) in [7, 11) is 0. The third-order valence-corrected chi connectivity index (χ3v) is 6.00. The molecule has 1 aliphatic heterocycles. The lowest BCUT2D eigenvalue weighted by Gasteiger charge is -2.25. The van der Waals surface area contributed by atoms with Crippen LogP contribution in [-0.2, 0) is 16.0 Å². The Kier molecular flexibility index (Phi) is 6.52. The maximum Gasteiger partial charge on any atom is 0.300 e. The van der Waals surface area contributed by atoms with Crippen molar-refractivity contribution in [2.24, 2.45) is 0 Å². The molecule has 0 bridgehead atoms. The van der Waals surface area contributed by atoms with Gasteiger partial charge in [-0.05, 0) is 54.8 Å². The Hall–Kier alpha value is -3.57. The topological polar surface area (TPSA) is 66.8 Å². The molecule has 3 aromatic rings. The highest BCUT2D eigenvalue weighted by atomic mass is 35.5. The first-order chi connectivity index (χ1) is 16.0. The number of rotatable bonds is 6. The summed E-state index contributed by atoms with van der Waals surface area (Å²) in [6.45, 7) is 4.27. The van der Waals surface area contributed by atoms with Crippen molar-refractivity contribution in [1.29, 1.82) is 0 Å². The van der Waals surface area contributed by atoms with E-state index in [-0.39, 0.29) is 11.3 Å². The molecular formula is C27H24ClNO4. The maximum absolute atomic E-state index is 13.2. The van der Waals surface area contributed by atoms with E-state index in [0.29, 0.717) is 28.6 Å². The molecule has 1 unspecified atom stereocenters. The van der Waals surface area contributed by atoms with Gasteiger partial charge in [-0.15, -0.1) is 0 Å². The third kappa shape index (κ3) is 4.24. The number of nitrogens with zero attached hydrogens (tertiary/aromatic N) is 1. The molecule has 168 valence electrons. The monoisotopic (exact) mass is 461 g/mol. The van der Waals surface area contributed by atoms with E-state index in [4.69, 9.17) is 16.3 Å². The number of ether oxygens (including phenoxy) is 1. The highest BCUT2D eigenvalue weighted by Crippen LogP contribution is 2.42. The molecule has 33 heavy (non-hydrogen) atoms. The predicted octanol–water partition coefficient (Wildman–Crippen LogP) is 5.93. The third-order valence-electron chi connectivity index (χ3n) is 5.69. The van der Waals surface area contributed by atoms with Gasteiger partial charge in [0.25, 0.3) is 11.7 Å². The minimum absolute atomic E-state index is 0.0236. The van der Waals surface area contributed by atoms with Crippen molar-refractivity contribution in [2.45, 2.75) is 26.3 Å². The van der Waals surface area contributed by atoms with Gasteiger partial charge in [0.2, 0.25) is 0 Å². The molecule has 1 atom stereocenters. The number of benzene rings is 3. The summed E-state index contributed by atoms with van der Waals surface area (Å²) in [6.07, 6.45) is 0.861. The molecule has 0 radical (unpaired) electrons. The fourth-order valence-electron chi connectivity index (χ4n) is 4.01. The number of anilines is 1. The largest absolute Gasteiger partial charge is 0.507 e. The number of aliphatic hydroxyl groups is 1. The van der Waals surface area contributed by atoms with Gasteiger partial charge < -0.3 is 9.84 Å². The van der Waals surface area contributed by atoms with Crippen LogP contribution in [0, 0.1) is 0 Å². The number of Topliss-reactive ketones (excluding diaryl/α,β-unsaturated/α-hetero) is 1. The van der Waals surface area contributed by atoms with Crippen LogP contribution in [0.2, 0.25) is 5.02 Å². The van der Waals surface area contributed by atoms with Crippen LogP contribution in [-0.4, -0.2) is 23.4 Å². The van der Waals surface area contributed by atoms with E-state index in [1.54, 1.807) is 18.2 Å². The maximum atomic E-state index is 13.2. The minimum Gasteiger partial charge on any atom is -0.507 e. The van der Waals surface area contributed by atoms with Crippen LogP contribution in [0.3, 0.4) is 0 Å². The molecule has 0 aliphatic carbocycles. The SMILES string of the molecule is CCOc1cc(/C(O)=C2/C(=O)C(=O)N(c3ccc(CC)cc3)C2c2ccccc2)ccc1Cl. The Morgan fingerprint density at radius 2 is 1.70 bits per heavy atom. The Morgan fingerprint density at radius 3 is 2.33 bits per heavy atom. The first kappa shape index (κ1) is 22.6. The number of aryl methyl sites for hydroxylation is 1. The molecule has 0 saturated carbocycles. The van der Waals surface area contributed by atoms with E-state index in [0.717, 1.165) is 17.5 Å². The van der Waals surface area contributed by atoms with Gasteiger partial charge in [0.05, 0.1) is 23.2 Å². The van der Waals surface area contributed by atoms with Crippen LogP contribution in [0.25, 0.3) is 5.76 Å². The average molecular weight is 462 g/mol. The van der Waals surface area contributed by atoms with Gasteiger partial charge in [-0.3, -0.25) is 14.5 Å². The van der Waals surface area contributed by atoms with Crippen molar-refractivity contribution in [3.05, 3.63) is 100 Å². The van der Waals surface area contributed by atoms with Crippen molar-refractivity contribution in [3.63, 3.8) is 0 Å². The standard InChI is InChI=1S/C27H24ClNO4/c1-3-17-10-13-20(14-11-17)29-24(18-8-6-5-7-9-18)23(26(31)27(29)32)25(30)19-12-15-21(28)22(16-19)33-4-2/h5-16,24,30H,3-4H2,1-2H3/b25-23-. The zero-order valence-corrected chi connectivity index (χ0v) is 19.2. The molecule has 1 aliphatic rings. The summed E-state index contributed by atoms with van der Waals surface area (Å²) in [5, 5.41) is 11.6. The molecule has 1 saturated heterocycles. The summed E-state index contributed by atoms with van der Waals surface area (Å²) in [5.41, 5.74) is 2.81. The molecule has 3 aromatic carbocycles. The van der Waals surface area contributed by atoms with Gasteiger partial charge in [0.15, 0.2) is 0 Å². The van der Waals surface area contributed by atoms with E-state index < -0.39 is 17.7 Å². The highest BCUT2D eigenvalue weighted by Gasteiger charge is 2.46.